The van der Waals surface area contributed by atoms with E-state index in [4.69, 9.17) is 0 Å². The van der Waals surface area contributed by atoms with Crippen molar-refractivity contribution in [1.29, 1.82) is 0 Å². The molecule has 0 nitrogen and oxygen atoms in total. The van der Waals surface area contributed by atoms with Crippen LogP contribution in [0.4, 0.5) is 0 Å². The van der Waals surface area contributed by atoms with E-state index in [1.165, 1.54) is 0 Å². The lowest BCUT2D eigenvalue weighted by Crippen LogP contribution is -1.84. The summed E-state index contributed by atoms with van der Waals surface area (Å²) in [5.74, 6) is 0. The fourth-order valence-corrected chi connectivity index (χ4v) is 0.561. The molecular formula is C7H12S. The SMILES string of the molecule is C=C/C=C\C(C)SC. The molecule has 0 radical (unpaired) electrons. The Balaban J connectivity index is 3.35. The van der Waals surface area contributed by atoms with Gasteiger partial charge in [0.1, 0.15) is 0 Å². The van der Waals surface area contributed by atoms with Crippen molar-refractivity contribution in [3.8, 4) is 0 Å². The second-order valence-electron chi connectivity index (χ2n) is 1.56. The van der Waals surface area contributed by atoms with E-state index in [1.807, 2.05) is 17.8 Å². The van der Waals surface area contributed by atoms with E-state index in [9.17, 15) is 0 Å². The topological polar surface area (TPSA) is 0 Å². The van der Waals surface area contributed by atoms with Gasteiger partial charge in [-0.15, -0.1) is 0 Å². The smallest absolute Gasteiger partial charge is 0.0198 e. The molecule has 1 unspecified atom stereocenters. The Morgan fingerprint density at radius 1 is 1.62 bits per heavy atom. The van der Waals surface area contributed by atoms with Gasteiger partial charge in [0.05, 0.1) is 0 Å². The quantitative estimate of drug-likeness (QED) is 0.526. The Labute approximate surface area is 55.7 Å². The molecule has 0 N–H and O–H groups in total. The minimum atomic E-state index is 0.619. The Morgan fingerprint density at radius 3 is 2.62 bits per heavy atom. The predicted octanol–water partition coefficient (Wildman–Crippen LogP) is 2.48. The third-order valence-corrected chi connectivity index (χ3v) is 1.79. The second kappa shape index (κ2) is 4.98. The van der Waals surface area contributed by atoms with E-state index in [2.05, 4.69) is 25.8 Å². The maximum atomic E-state index is 3.57. The van der Waals surface area contributed by atoms with Crippen LogP contribution in [-0.4, -0.2) is 11.5 Å². The summed E-state index contributed by atoms with van der Waals surface area (Å²) in [6.45, 7) is 5.73. The lowest BCUT2D eigenvalue weighted by molar-refractivity contribution is 1.25. The van der Waals surface area contributed by atoms with Gasteiger partial charge in [0, 0.05) is 5.25 Å². The van der Waals surface area contributed by atoms with Gasteiger partial charge in [0.15, 0.2) is 0 Å². The molecule has 0 saturated heterocycles. The van der Waals surface area contributed by atoms with E-state index >= 15 is 0 Å². The molecule has 0 aromatic carbocycles. The van der Waals surface area contributed by atoms with Crippen LogP contribution in [0.25, 0.3) is 0 Å². The average molecular weight is 128 g/mol. The van der Waals surface area contributed by atoms with Crippen LogP contribution in [0.15, 0.2) is 24.8 Å². The molecule has 0 aliphatic heterocycles. The van der Waals surface area contributed by atoms with Crippen molar-refractivity contribution < 1.29 is 0 Å². The zero-order valence-electron chi connectivity index (χ0n) is 5.42. The molecule has 0 aromatic rings. The molecule has 0 saturated carbocycles. The lowest BCUT2D eigenvalue weighted by atomic mass is 10.4. The summed E-state index contributed by atoms with van der Waals surface area (Å²) < 4.78 is 0. The maximum Gasteiger partial charge on any atom is 0.0198 e. The van der Waals surface area contributed by atoms with Crippen LogP contribution in [0.2, 0.25) is 0 Å². The van der Waals surface area contributed by atoms with Crippen LogP contribution in [-0.2, 0) is 0 Å². The first kappa shape index (κ1) is 7.83. The molecule has 8 heavy (non-hydrogen) atoms. The van der Waals surface area contributed by atoms with Crippen LogP contribution in [0.5, 0.6) is 0 Å². The molecular weight excluding hydrogens is 116 g/mol. The molecule has 0 fully saturated rings. The summed E-state index contributed by atoms with van der Waals surface area (Å²) in [5.41, 5.74) is 0. The summed E-state index contributed by atoms with van der Waals surface area (Å²) in [4.78, 5) is 0. The molecule has 0 bridgehead atoms. The van der Waals surface area contributed by atoms with Gasteiger partial charge in [-0.1, -0.05) is 24.8 Å². The summed E-state index contributed by atoms with van der Waals surface area (Å²) in [5, 5.41) is 0.619. The predicted molar refractivity (Wildman–Crippen MR) is 42.3 cm³/mol. The van der Waals surface area contributed by atoms with Gasteiger partial charge in [-0.05, 0) is 13.2 Å². The van der Waals surface area contributed by atoms with E-state index in [-0.39, 0.29) is 0 Å². The summed E-state index contributed by atoms with van der Waals surface area (Å²) in [7, 11) is 0. The lowest BCUT2D eigenvalue weighted by Gasteiger charge is -1.95. The third-order valence-electron chi connectivity index (χ3n) is 0.890. The molecule has 46 valence electrons. The fourth-order valence-electron chi connectivity index (χ4n) is 0.314. The Morgan fingerprint density at radius 2 is 2.25 bits per heavy atom. The Hall–Kier alpha value is -0.170. The monoisotopic (exact) mass is 128 g/mol. The number of allylic oxidation sites excluding steroid dienone is 2. The van der Waals surface area contributed by atoms with Crippen molar-refractivity contribution in [3.63, 3.8) is 0 Å². The van der Waals surface area contributed by atoms with Crippen molar-refractivity contribution in [2.75, 3.05) is 6.26 Å². The average Bonchev–Trinajstić information content (AvgIpc) is 1.83. The number of hydrogen-bond acceptors (Lipinski definition) is 1. The Kier molecular flexibility index (Phi) is 4.87. The van der Waals surface area contributed by atoms with Crippen molar-refractivity contribution in [1.82, 2.24) is 0 Å². The van der Waals surface area contributed by atoms with Gasteiger partial charge in [-0.2, -0.15) is 11.8 Å². The van der Waals surface area contributed by atoms with Crippen molar-refractivity contribution in [2.45, 2.75) is 12.2 Å². The standard InChI is InChI=1S/C7H12S/c1-4-5-6-7(2)8-3/h4-7H,1H2,2-3H3/b6-5-. The van der Waals surface area contributed by atoms with Crippen LogP contribution in [0, 0.1) is 0 Å². The molecule has 0 rings (SSSR count). The highest BCUT2D eigenvalue weighted by Gasteiger charge is 1.86. The van der Waals surface area contributed by atoms with Crippen LogP contribution < -0.4 is 0 Å². The van der Waals surface area contributed by atoms with Crippen LogP contribution in [0.3, 0.4) is 0 Å². The molecule has 0 aromatic heterocycles. The summed E-state index contributed by atoms with van der Waals surface area (Å²) in [6.07, 6.45) is 7.99. The molecule has 1 heteroatoms. The largest absolute Gasteiger partial charge is 0.158 e. The van der Waals surface area contributed by atoms with Gasteiger partial charge >= 0.3 is 0 Å². The highest BCUT2D eigenvalue weighted by molar-refractivity contribution is 7.99. The molecule has 0 amide bonds. The highest BCUT2D eigenvalue weighted by Crippen LogP contribution is 2.05. The third kappa shape index (κ3) is 4.00. The number of thioether (sulfide) groups is 1. The van der Waals surface area contributed by atoms with Crippen LogP contribution in [0.1, 0.15) is 6.92 Å². The normalized spacial score (nSPS) is 14.2. The van der Waals surface area contributed by atoms with Gasteiger partial charge < -0.3 is 0 Å². The van der Waals surface area contributed by atoms with Crippen molar-refractivity contribution in [2.24, 2.45) is 0 Å². The zero-order valence-corrected chi connectivity index (χ0v) is 6.24. The Bertz CT molecular complexity index is 84.4. The minimum Gasteiger partial charge on any atom is -0.158 e. The first-order chi connectivity index (χ1) is 3.81. The fraction of sp³-hybridized carbons (Fsp3) is 0.429. The molecule has 0 heterocycles. The first-order valence-electron chi connectivity index (χ1n) is 2.63. The highest BCUT2D eigenvalue weighted by atomic mass is 32.2. The van der Waals surface area contributed by atoms with E-state index in [1.54, 1.807) is 6.08 Å². The van der Waals surface area contributed by atoms with E-state index < -0.39 is 0 Å². The van der Waals surface area contributed by atoms with Gasteiger partial charge in [0.25, 0.3) is 0 Å². The molecule has 1 atom stereocenters. The second-order valence-corrected chi connectivity index (χ2v) is 2.78. The number of rotatable bonds is 3. The molecule has 0 aliphatic rings. The maximum absolute atomic E-state index is 3.57. The first-order valence-corrected chi connectivity index (χ1v) is 3.92. The zero-order chi connectivity index (χ0) is 6.41. The van der Waals surface area contributed by atoms with Gasteiger partial charge in [-0.25, -0.2) is 0 Å². The minimum absolute atomic E-state index is 0.619. The van der Waals surface area contributed by atoms with Crippen molar-refractivity contribution in [3.05, 3.63) is 24.8 Å². The number of hydrogen-bond donors (Lipinski definition) is 0. The van der Waals surface area contributed by atoms with Gasteiger partial charge in [0.2, 0.25) is 0 Å². The van der Waals surface area contributed by atoms with E-state index in [0.717, 1.165) is 0 Å². The molecule has 0 spiro atoms. The molecule has 0 aliphatic carbocycles. The summed E-state index contributed by atoms with van der Waals surface area (Å²) in [6, 6.07) is 0. The van der Waals surface area contributed by atoms with E-state index in [0.29, 0.717) is 5.25 Å². The van der Waals surface area contributed by atoms with Gasteiger partial charge in [-0.3, -0.25) is 0 Å². The van der Waals surface area contributed by atoms with Crippen molar-refractivity contribution >= 4 is 11.8 Å². The van der Waals surface area contributed by atoms with Crippen LogP contribution >= 0.6 is 11.8 Å². The summed E-state index contributed by atoms with van der Waals surface area (Å²) >= 11 is 1.83.